The van der Waals surface area contributed by atoms with Crippen molar-refractivity contribution in [2.45, 2.75) is 13.0 Å². The van der Waals surface area contributed by atoms with E-state index in [2.05, 4.69) is 5.10 Å². The van der Waals surface area contributed by atoms with Crippen LogP contribution in [0.5, 0.6) is 17.2 Å². The van der Waals surface area contributed by atoms with Crippen molar-refractivity contribution in [1.29, 1.82) is 0 Å². The summed E-state index contributed by atoms with van der Waals surface area (Å²) in [6.07, 6.45) is 3.79. The SMILES string of the molecule is COc1cc(N2CC(C(=O)N(C)Cc3cnn(-c4ccccc4)c3)CC2=O)cc(OC)c1OC. The van der Waals surface area contributed by atoms with E-state index in [1.807, 2.05) is 36.5 Å². The summed E-state index contributed by atoms with van der Waals surface area (Å²) in [7, 11) is 6.31. The molecular weight excluding hydrogens is 436 g/mol. The number of carbonyl (C=O) groups excluding carboxylic acids is 2. The van der Waals surface area contributed by atoms with E-state index in [0.29, 0.717) is 29.5 Å². The van der Waals surface area contributed by atoms with Gasteiger partial charge >= 0.3 is 0 Å². The molecule has 178 valence electrons. The Balaban J connectivity index is 1.45. The van der Waals surface area contributed by atoms with Gasteiger partial charge in [0, 0.05) is 50.5 Å². The van der Waals surface area contributed by atoms with E-state index < -0.39 is 5.92 Å². The molecule has 0 saturated carbocycles. The van der Waals surface area contributed by atoms with E-state index in [9.17, 15) is 9.59 Å². The number of aromatic nitrogens is 2. The average molecular weight is 465 g/mol. The predicted molar refractivity (Wildman–Crippen MR) is 127 cm³/mol. The van der Waals surface area contributed by atoms with Crippen LogP contribution in [0.1, 0.15) is 12.0 Å². The van der Waals surface area contributed by atoms with E-state index in [1.165, 1.54) is 21.3 Å². The average Bonchev–Trinajstić information content (AvgIpc) is 3.49. The van der Waals surface area contributed by atoms with Gasteiger partial charge in [0.15, 0.2) is 11.5 Å². The molecule has 3 aromatic rings. The fourth-order valence-corrected chi connectivity index (χ4v) is 4.17. The second kappa shape index (κ2) is 9.86. The summed E-state index contributed by atoms with van der Waals surface area (Å²) < 4.78 is 17.9. The lowest BCUT2D eigenvalue weighted by Gasteiger charge is -2.22. The molecule has 0 aliphatic carbocycles. The molecule has 1 atom stereocenters. The van der Waals surface area contributed by atoms with Crippen molar-refractivity contribution in [3.63, 3.8) is 0 Å². The molecule has 2 aromatic carbocycles. The van der Waals surface area contributed by atoms with E-state index in [4.69, 9.17) is 14.2 Å². The van der Waals surface area contributed by atoms with Gasteiger partial charge in [-0.25, -0.2) is 4.68 Å². The molecule has 0 spiro atoms. The van der Waals surface area contributed by atoms with E-state index in [-0.39, 0.29) is 24.8 Å². The van der Waals surface area contributed by atoms with E-state index in [1.54, 1.807) is 39.9 Å². The second-order valence-electron chi connectivity index (χ2n) is 8.11. The van der Waals surface area contributed by atoms with Gasteiger partial charge in [-0.3, -0.25) is 9.59 Å². The smallest absolute Gasteiger partial charge is 0.228 e. The molecule has 1 aliphatic heterocycles. The zero-order valence-corrected chi connectivity index (χ0v) is 19.7. The highest BCUT2D eigenvalue weighted by molar-refractivity contribution is 6.00. The maximum Gasteiger partial charge on any atom is 0.228 e. The van der Waals surface area contributed by atoms with Gasteiger partial charge in [0.25, 0.3) is 0 Å². The molecule has 0 bridgehead atoms. The van der Waals surface area contributed by atoms with Gasteiger partial charge in [-0.05, 0) is 12.1 Å². The zero-order valence-electron chi connectivity index (χ0n) is 19.7. The van der Waals surface area contributed by atoms with Crippen molar-refractivity contribution in [1.82, 2.24) is 14.7 Å². The van der Waals surface area contributed by atoms with E-state index >= 15 is 0 Å². The molecule has 1 unspecified atom stereocenters. The molecule has 0 radical (unpaired) electrons. The second-order valence-corrected chi connectivity index (χ2v) is 8.11. The van der Waals surface area contributed by atoms with Crippen molar-refractivity contribution in [2.75, 3.05) is 39.8 Å². The van der Waals surface area contributed by atoms with Gasteiger partial charge in [-0.15, -0.1) is 0 Å². The first-order valence-electron chi connectivity index (χ1n) is 10.9. The van der Waals surface area contributed by atoms with Crippen LogP contribution >= 0.6 is 0 Å². The van der Waals surface area contributed by atoms with Crippen LogP contribution in [0.4, 0.5) is 5.69 Å². The minimum absolute atomic E-state index is 0.0873. The van der Waals surface area contributed by atoms with Crippen molar-refractivity contribution >= 4 is 17.5 Å². The van der Waals surface area contributed by atoms with Crippen molar-refractivity contribution in [3.05, 3.63) is 60.4 Å². The maximum absolute atomic E-state index is 13.1. The molecule has 1 fully saturated rings. The monoisotopic (exact) mass is 464 g/mol. The number of para-hydroxylation sites is 1. The van der Waals surface area contributed by atoms with Crippen LogP contribution in [-0.4, -0.2) is 61.4 Å². The Labute approximate surface area is 198 Å². The summed E-state index contributed by atoms with van der Waals surface area (Å²) in [6.45, 7) is 0.685. The largest absolute Gasteiger partial charge is 0.493 e. The molecule has 0 N–H and O–H groups in total. The van der Waals surface area contributed by atoms with Crippen molar-refractivity contribution in [3.8, 4) is 22.9 Å². The van der Waals surface area contributed by atoms with Crippen LogP contribution in [0, 0.1) is 5.92 Å². The van der Waals surface area contributed by atoms with Crippen LogP contribution in [0.3, 0.4) is 0 Å². The summed E-state index contributed by atoms with van der Waals surface area (Å²) >= 11 is 0. The highest BCUT2D eigenvalue weighted by Gasteiger charge is 2.37. The van der Waals surface area contributed by atoms with Crippen LogP contribution in [0.2, 0.25) is 0 Å². The Hall–Kier alpha value is -4.01. The number of benzene rings is 2. The molecule has 9 heteroatoms. The van der Waals surface area contributed by atoms with Crippen LogP contribution in [0.15, 0.2) is 54.9 Å². The van der Waals surface area contributed by atoms with E-state index in [0.717, 1.165) is 11.3 Å². The van der Waals surface area contributed by atoms with Gasteiger partial charge < -0.3 is 24.0 Å². The number of hydrogen-bond donors (Lipinski definition) is 0. The third kappa shape index (κ3) is 4.54. The number of methoxy groups -OCH3 is 3. The number of hydrogen-bond acceptors (Lipinski definition) is 6. The fraction of sp³-hybridized carbons (Fsp3) is 0.320. The Kier molecular flexibility index (Phi) is 6.72. The fourth-order valence-electron chi connectivity index (χ4n) is 4.17. The lowest BCUT2D eigenvalue weighted by molar-refractivity contribution is -0.135. The molecule has 9 nitrogen and oxygen atoms in total. The molecule has 2 amide bonds. The topological polar surface area (TPSA) is 86.1 Å². The summed E-state index contributed by atoms with van der Waals surface area (Å²) in [5.74, 6) is 0.692. The van der Waals surface area contributed by atoms with Crippen LogP contribution in [0.25, 0.3) is 5.69 Å². The number of rotatable bonds is 8. The highest BCUT2D eigenvalue weighted by atomic mass is 16.5. The number of anilines is 1. The maximum atomic E-state index is 13.1. The minimum Gasteiger partial charge on any atom is -0.493 e. The molecule has 1 aliphatic rings. The highest BCUT2D eigenvalue weighted by Crippen LogP contribution is 2.42. The number of amides is 2. The number of carbonyl (C=O) groups is 2. The predicted octanol–water partition coefficient (Wildman–Crippen LogP) is 2.91. The summed E-state index contributed by atoms with van der Waals surface area (Å²) in [5, 5.41) is 4.39. The van der Waals surface area contributed by atoms with Gasteiger partial charge in [-0.2, -0.15) is 5.10 Å². The molecule has 2 heterocycles. The summed E-state index contributed by atoms with van der Waals surface area (Å²) in [4.78, 5) is 29.2. The van der Waals surface area contributed by atoms with Crippen LogP contribution in [-0.2, 0) is 16.1 Å². The molecule has 4 rings (SSSR count). The first-order chi connectivity index (χ1) is 16.4. The van der Waals surface area contributed by atoms with Gasteiger partial charge in [-0.1, -0.05) is 18.2 Å². The Morgan fingerprint density at radius 2 is 1.74 bits per heavy atom. The molecule has 34 heavy (non-hydrogen) atoms. The third-order valence-electron chi connectivity index (χ3n) is 5.89. The van der Waals surface area contributed by atoms with Gasteiger partial charge in [0.05, 0.1) is 44.8 Å². The molecule has 1 aromatic heterocycles. The lowest BCUT2D eigenvalue weighted by atomic mass is 10.1. The Morgan fingerprint density at radius 3 is 2.35 bits per heavy atom. The van der Waals surface area contributed by atoms with Crippen molar-refractivity contribution in [2.24, 2.45) is 5.92 Å². The van der Waals surface area contributed by atoms with Crippen LogP contribution < -0.4 is 19.1 Å². The first kappa shape index (κ1) is 23.2. The quantitative estimate of drug-likeness (QED) is 0.510. The third-order valence-corrected chi connectivity index (χ3v) is 5.89. The summed E-state index contributed by atoms with van der Waals surface area (Å²) in [5.41, 5.74) is 2.46. The summed E-state index contributed by atoms with van der Waals surface area (Å²) in [6, 6.07) is 13.2. The van der Waals surface area contributed by atoms with Gasteiger partial charge in [0.1, 0.15) is 0 Å². The zero-order chi connectivity index (χ0) is 24.2. The Bertz CT molecular complexity index is 1150. The lowest BCUT2D eigenvalue weighted by Crippen LogP contribution is -2.34. The standard InChI is InChI=1S/C25H28N4O5/c1-27(14-17-13-26-29(15-17)19-8-6-5-7-9-19)25(31)18-10-23(30)28(16-18)20-11-21(32-2)24(34-4)22(12-20)33-3/h5-9,11-13,15,18H,10,14,16H2,1-4H3. The van der Waals surface area contributed by atoms with Gasteiger partial charge in [0.2, 0.25) is 17.6 Å². The Morgan fingerprint density at radius 1 is 1.06 bits per heavy atom. The number of ether oxygens (including phenoxy) is 3. The van der Waals surface area contributed by atoms with Crippen molar-refractivity contribution < 1.29 is 23.8 Å². The molecular formula is C25H28N4O5. The number of nitrogens with zero attached hydrogens (tertiary/aromatic N) is 4. The first-order valence-corrected chi connectivity index (χ1v) is 10.9. The minimum atomic E-state index is -0.444. The molecule has 1 saturated heterocycles. The normalized spacial score (nSPS) is 15.4.